The maximum Gasteiger partial charge on any atom is 0.0698 e. The molecule has 0 bridgehead atoms. The maximum absolute atomic E-state index is 5.39. The number of rotatable bonds is 2. The number of nitrogens with two attached hydrogens (primary N) is 1. The molecule has 0 saturated heterocycles. The minimum absolute atomic E-state index is 0.629. The number of hydrogen-bond donors (Lipinski definition) is 1. The molecule has 0 aliphatic carbocycles. The Bertz CT molecular complexity index is 115. The van der Waals surface area contributed by atoms with E-state index in [2.05, 4.69) is 41.3 Å². The van der Waals surface area contributed by atoms with Crippen LogP contribution >= 0.6 is 15.9 Å². The van der Waals surface area contributed by atoms with Crippen LogP contribution in [0.4, 0.5) is 0 Å². The fourth-order valence-corrected chi connectivity index (χ4v) is 3.65. The Morgan fingerprint density at radius 3 is 2.11 bits per heavy atom. The average molecular weight is 208 g/mol. The summed E-state index contributed by atoms with van der Waals surface area (Å²) >= 11 is 3.38. The molecule has 9 heavy (non-hydrogen) atoms. The van der Waals surface area contributed by atoms with E-state index in [1.807, 2.05) is 0 Å². The van der Waals surface area contributed by atoms with Crippen molar-refractivity contribution in [2.75, 3.05) is 6.54 Å². The average Bonchev–Trinajstić information content (AvgIpc) is 1.62. The maximum atomic E-state index is 5.39. The van der Waals surface area contributed by atoms with Crippen molar-refractivity contribution in [3.05, 3.63) is 10.2 Å². The van der Waals surface area contributed by atoms with Gasteiger partial charge in [-0.1, -0.05) is 41.3 Å². The molecule has 1 nitrogen and oxygen atoms in total. The zero-order valence-corrected chi connectivity index (χ0v) is 8.83. The van der Waals surface area contributed by atoms with Crippen molar-refractivity contribution in [1.29, 1.82) is 0 Å². The fraction of sp³-hybridized carbons (Fsp3) is 0.667. The van der Waals surface area contributed by atoms with Gasteiger partial charge in [0, 0.05) is 11.0 Å². The number of halogens is 1. The lowest BCUT2D eigenvalue weighted by Crippen LogP contribution is -2.17. The molecule has 0 fully saturated rings. The Kier molecular flexibility index (Phi) is 3.69. The number of hydrogen-bond acceptors (Lipinski definition) is 1. The molecule has 0 radical (unpaired) electrons. The lowest BCUT2D eigenvalue weighted by molar-refractivity contribution is 1.24. The first-order chi connectivity index (χ1) is 3.95. The molecule has 0 aromatic rings. The van der Waals surface area contributed by atoms with Crippen molar-refractivity contribution in [3.63, 3.8) is 0 Å². The standard InChI is InChI=1S/C6H14BrNSi/c1-9(2,3)5-6(7)4-8/h5H,4,8H2,1-3H3/b6-5-. The molecule has 3 heteroatoms. The molecule has 0 spiro atoms. The van der Waals surface area contributed by atoms with Crippen LogP contribution in [0, 0.1) is 0 Å². The van der Waals surface area contributed by atoms with Gasteiger partial charge in [-0.3, -0.25) is 0 Å². The van der Waals surface area contributed by atoms with Crippen molar-refractivity contribution in [2.24, 2.45) is 5.73 Å². The fourth-order valence-electron chi connectivity index (χ4n) is 0.529. The molecular formula is C6H14BrNSi. The molecule has 0 unspecified atom stereocenters. The summed E-state index contributed by atoms with van der Waals surface area (Å²) in [6, 6.07) is 0. The summed E-state index contributed by atoms with van der Waals surface area (Å²) in [7, 11) is -1.03. The smallest absolute Gasteiger partial charge is 0.0698 e. The molecule has 0 aliphatic rings. The normalized spacial score (nSPS) is 14.1. The molecule has 0 rings (SSSR count). The Labute approximate surface area is 66.5 Å². The third-order valence-electron chi connectivity index (χ3n) is 0.785. The molecule has 0 aliphatic heterocycles. The summed E-state index contributed by atoms with van der Waals surface area (Å²) in [5, 5.41) is 0. The molecule has 2 N–H and O–H groups in total. The Balaban J connectivity index is 3.95. The van der Waals surface area contributed by atoms with E-state index in [4.69, 9.17) is 5.73 Å². The van der Waals surface area contributed by atoms with Crippen LogP contribution in [0.2, 0.25) is 19.6 Å². The van der Waals surface area contributed by atoms with E-state index in [1.165, 1.54) is 0 Å². The molecule has 0 heterocycles. The third-order valence-corrected chi connectivity index (χ3v) is 2.97. The Morgan fingerprint density at radius 1 is 1.56 bits per heavy atom. The highest BCUT2D eigenvalue weighted by Crippen LogP contribution is 2.10. The van der Waals surface area contributed by atoms with Gasteiger partial charge in [-0.15, -0.1) is 0 Å². The summed E-state index contributed by atoms with van der Waals surface area (Å²) < 4.78 is 1.14. The van der Waals surface area contributed by atoms with Crippen LogP contribution in [0.15, 0.2) is 10.2 Å². The zero-order chi connectivity index (χ0) is 7.49. The van der Waals surface area contributed by atoms with Crippen LogP contribution < -0.4 is 5.73 Å². The highest BCUT2D eigenvalue weighted by Gasteiger charge is 2.08. The Morgan fingerprint density at radius 2 is 2.00 bits per heavy atom. The summed E-state index contributed by atoms with van der Waals surface area (Å²) in [6.45, 7) is 7.47. The van der Waals surface area contributed by atoms with Crippen LogP contribution in [0.5, 0.6) is 0 Å². The monoisotopic (exact) mass is 207 g/mol. The van der Waals surface area contributed by atoms with Gasteiger partial charge in [-0.2, -0.15) is 0 Å². The highest BCUT2D eigenvalue weighted by molar-refractivity contribution is 9.11. The van der Waals surface area contributed by atoms with Crippen molar-refractivity contribution < 1.29 is 0 Å². The Hall–Kier alpha value is 0.397. The first-order valence-electron chi connectivity index (χ1n) is 3.03. The summed E-state index contributed by atoms with van der Waals surface area (Å²) in [4.78, 5) is 0. The second kappa shape index (κ2) is 3.54. The van der Waals surface area contributed by atoms with Gasteiger partial charge in [0.25, 0.3) is 0 Å². The second-order valence-electron chi connectivity index (χ2n) is 3.16. The topological polar surface area (TPSA) is 26.0 Å². The van der Waals surface area contributed by atoms with Crippen LogP contribution in [0.25, 0.3) is 0 Å². The quantitative estimate of drug-likeness (QED) is 0.691. The molecule has 0 aromatic carbocycles. The SMILES string of the molecule is C[Si](C)(C)/C=C(\Br)CN. The predicted octanol–water partition coefficient (Wildman–Crippen LogP) is 2.10. The van der Waals surface area contributed by atoms with Gasteiger partial charge in [-0.25, -0.2) is 0 Å². The highest BCUT2D eigenvalue weighted by atomic mass is 79.9. The van der Waals surface area contributed by atoms with E-state index in [-0.39, 0.29) is 0 Å². The van der Waals surface area contributed by atoms with E-state index in [0.29, 0.717) is 6.54 Å². The largest absolute Gasteiger partial charge is 0.326 e. The lowest BCUT2D eigenvalue weighted by Gasteiger charge is -2.09. The van der Waals surface area contributed by atoms with E-state index < -0.39 is 8.07 Å². The first kappa shape index (κ1) is 9.40. The predicted molar refractivity (Wildman–Crippen MR) is 49.4 cm³/mol. The van der Waals surface area contributed by atoms with Gasteiger partial charge >= 0.3 is 0 Å². The molecule has 0 saturated carbocycles. The van der Waals surface area contributed by atoms with Gasteiger partial charge in [0.2, 0.25) is 0 Å². The van der Waals surface area contributed by atoms with E-state index in [1.54, 1.807) is 0 Å². The summed E-state index contributed by atoms with van der Waals surface area (Å²) in [5.74, 6) is 0. The van der Waals surface area contributed by atoms with E-state index >= 15 is 0 Å². The van der Waals surface area contributed by atoms with Gasteiger partial charge in [-0.05, 0) is 0 Å². The second-order valence-corrected chi connectivity index (χ2v) is 9.20. The van der Waals surface area contributed by atoms with Crippen LogP contribution in [-0.4, -0.2) is 14.6 Å². The molecule has 0 amide bonds. The minimum atomic E-state index is -1.03. The van der Waals surface area contributed by atoms with Gasteiger partial charge in [0.05, 0.1) is 8.07 Å². The van der Waals surface area contributed by atoms with Crippen molar-refractivity contribution in [2.45, 2.75) is 19.6 Å². The lowest BCUT2D eigenvalue weighted by atomic mass is 10.7. The van der Waals surface area contributed by atoms with Gasteiger partial charge in [0.1, 0.15) is 0 Å². The van der Waals surface area contributed by atoms with Gasteiger partial charge < -0.3 is 5.73 Å². The van der Waals surface area contributed by atoms with E-state index in [9.17, 15) is 0 Å². The molecule has 0 atom stereocenters. The van der Waals surface area contributed by atoms with Crippen LogP contribution in [0.3, 0.4) is 0 Å². The molecular weight excluding hydrogens is 194 g/mol. The first-order valence-corrected chi connectivity index (χ1v) is 7.40. The van der Waals surface area contributed by atoms with Crippen LogP contribution in [-0.2, 0) is 0 Å². The van der Waals surface area contributed by atoms with Crippen molar-refractivity contribution in [1.82, 2.24) is 0 Å². The third kappa shape index (κ3) is 6.28. The van der Waals surface area contributed by atoms with Gasteiger partial charge in [0.15, 0.2) is 0 Å². The minimum Gasteiger partial charge on any atom is -0.326 e. The summed E-state index contributed by atoms with van der Waals surface area (Å²) in [5.41, 5.74) is 7.64. The molecule has 54 valence electrons. The van der Waals surface area contributed by atoms with Crippen molar-refractivity contribution in [3.8, 4) is 0 Å². The van der Waals surface area contributed by atoms with E-state index in [0.717, 1.165) is 4.48 Å². The van der Waals surface area contributed by atoms with Crippen molar-refractivity contribution >= 4 is 24.0 Å². The summed E-state index contributed by atoms with van der Waals surface area (Å²) in [6.07, 6.45) is 0. The molecule has 0 aromatic heterocycles. The van der Waals surface area contributed by atoms with Crippen LogP contribution in [0.1, 0.15) is 0 Å². The zero-order valence-electron chi connectivity index (χ0n) is 6.24.